The Bertz CT molecular complexity index is 67.0. The summed E-state index contributed by atoms with van der Waals surface area (Å²) < 4.78 is 0. The van der Waals surface area contributed by atoms with Gasteiger partial charge in [-0.15, -0.1) is 0 Å². The Labute approximate surface area is 48.1 Å². The van der Waals surface area contributed by atoms with Gasteiger partial charge in [0.2, 0.25) is 0 Å². The van der Waals surface area contributed by atoms with E-state index in [-0.39, 0.29) is 0 Å². The highest BCUT2D eigenvalue weighted by Gasteiger charge is 1.18. The van der Waals surface area contributed by atoms with Crippen molar-refractivity contribution in [3.8, 4) is 12.1 Å². The van der Waals surface area contributed by atoms with Crippen LogP contribution in [0, 0.1) is 22.7 Å². The zero-order valence-corrected chi connectivity index (χ0v) is 4.79. The number of nitrogens with zero attached hydrogens (tertiary/aromatic N) is 2. The van der Waals surface area contributed by atoms with Gasteiger partial charge in [-0.2, -0.15) is 10.5 Å². The maximum atomic E-state index is 7.32. The summed E-state index contributed by atoms with van der Waals surface area (Å²) in [5, 5.41) is 26.6. The highest BCUT2D eigenvalue weighted by molar-refractivity contribution is 4.51. The lowest BCUT2D eigenvalue weighted by Crippen LogP contribution is -1.29. The summed E-state index contributed by atoms with van der Waals surface area (Å²) in [4.78, 5) is 0. The lowest BCUT2D eigenvalue weighted by Gasteiger charge is -1.25. The topological polar surface area (TPSA) is 88.0 Å². The first-order valence-corrected chi connectivity index (χ1v) is 1.65. The summed E-state index contributed by atoms with van der Waals surface area (Å²) in [5.74, 6) is 0. The van der Waals surface area contributed by atoms with Gasteiger partial charge in [0, 0.05) is 13.8 Å². The zero-order valence-electron chi connectivity index (χ0n) is 4.79. The molecule has 0 heterocycles. The first kappa shape index (κ1) is 15.8. The Hall–Kier alpha value is -1.10. The Balaban J connectivity index is -0.0000000483. The summed E-state index contributed by atoms with van der Waals surface area (Å²) in [6.45, 7) is 2.86. The molecule has 0 aliphatic rings. The summed E-state index contributed by atoms with van der Waals surface area (Å²) in [6.07, 6.45) is 0. The van der Waals surface area contributed by atoms with Crippen LogP contribution in [-0.2, 0) is 0 Å². The van der Waals surface area contributed by atoms with E-state index in [0.717, 1.165) is 0 Å². The van der Waals surface area contributed by atoms with Crippen molar-refractivity contribution in [1.29, 1.82) is 10.5 Å². The summed E-state index contributed by atoms with van der Waals surface area (Å²) in [5.41, 5.74) is 0. The maximum Gasteiger partial charge on any atom is 0.0587 e. The molecule has 4 heteroatoms. The van der Waals surface area contributed by atoms with Crippen LogP contribution in [0.2, 0.25) is 0 Å². The average molecular weight is 116 g/mol. The van der Waals surface area contributed by atoms with Crippen LogP contribution in [0.25, 0.3) is 0 Å². The second kappa shape index (κ2) is 175. The molecule has 0 saturated heterocycles. The third-order valence-electron chi connectivity index (χ3n) is 0. The van der Waals surface area contributed by atoms with Crippen molar-refractivity contribution in [3.63, 3.8) is 0 Å². The van der Waals surface area contributed by atoms with E-state index in [2.05, 4.69) is 0 Å². The van der Waals surface area contributed by atoms with Gasteiger partial charge in [-0.3, -0.25) is 10.5 Å². The van der Waals surface area contributed by atoms with Crippen molar-refractivity contribution in [1.82, 2.24) is 0 Å². The summed E-state index contributed by atoms with van der Waals surface area (Å²) >= 11 is 0. The van der Waals surface area contributed by atoms with E-state index >= 15 is 0 Å². The molecule has 0 bridgehead atoms. The molecule has 0 amide bonds. The monoisotopic (exact) mass is 116 g/mol. The van der Waals surface area contributed by atoms with E-state index < -0.39 is 0 Å². The minimum atomic E-state index is 1.43. The molecule has 0 aromatic rings. The van der Waals surface area contributed by atoms with Crippen LogP contribution in [-0.4, -0.2) is 10.5 Å². The molecule has 0 rings (SSSR count). The van der Waals surface area contributed by atoms with Gasteiger partial charge < -0.3 is 0 Å². The van der Waals surface area contributed by atoms with Gasteiger partial charge in [-0.25, -0.2) is 0 Å². The van der Waals surface area contributed by atoms with Crippen molar-refractivity contribution >= 4 is 0 Å². The van der Waals surface area contributed by atoms with E-state index in [1.54, 1.807) is 12.1 Å². The Morgan fingerprint density at radius 1 is 1.00 bits per heavy atom. The molecule has 0 saturated carbocycles. The molecule has 4 nitrogen and oxygen atoms in total. The Morgan fingerprint density at radius 2 is 1.00 bits per heavy atom. The van der Waals surface area contributed by atoms with Crippen LogP contribution in [0.3, 0.4) is 0 Å². The van der Waals surface area contributed by atoms with Crippen LogP contribution < -0.4 is 0 Å². The molecule has 2 N–H and O–H groups in total. The third kappa shape index (κ3) is 61.6. The minimum Gasteiger partial charge on any atom is -0.255 e. The normalized spacial score (nSPS) is 2.75. The quantitative estimate of drug-likeness (QED) is 0.366. The Morgan fingerprint density at radius 3 is 1.00 bits per heavy atom. The highest BCUT2D eigenvalue weighted by Crippen LogP contribution is 1.22. The second-order valence-corrected chi connectivity index (χ2v) is 0.447. The molecule has 0 aromatic carbocycles. The van der Waals surface area contributed by atoms with Gasteiger partial charge in [0.15, 0.2) is 0 Å². The van der Waals surface area contributed by atoms with Gasteiger partial charge >= 0.3 is 0 Å². The fourth-order valence-corrected chi connectivity index (χ4v) is 0. The fourth-order valence-electron chi connectivity index (χ4n) is 0. The second-order valence-electron chi connectivity index (χ2n) is 0.447. The van der Waals surface area contributed by atoms with Crippen LogP contribution in [0.1, 0.15) is 13.8 Å². The first-order valence-electron chi connectivity index (χ1n) is 1.65. The molecule has 0 atom stereocenters. The molecule has 0 aliphatic carbocycles. The molecular weight excluding hydrogens is 108 g/mol. The van der Waals surface area contributed by atoms with Crippen LogP contribution in [0.5, 0.6) is 0 Å². The highest BCUT2D eigenvalue weighted by atomic mass is 17.0. The molecular formula is C4H8N2O2. The fraction of sp³-hybridized carbons (Fsp3) is 0.500. The van der Waals surface area contributed by atoms with Gasteiger partial charge in [-0.1, -0.05) is 0 Å². The molecule has 8 heavy (non-hydrogen) atoms. The van der Waals surface area contributed by atoms with Gasteiger partial charge in [-0.05, 0) is 0 Å². The van der Waals surface area contributed by atoms with Crippen LogP contribution in [0.4, 0.5) is 0 Å². The van der Waals surface area contributed by atoms with E-state index in [0.29, 0.717) is 0 Å². The molecule has 0 aromatic heterocycles. The van der Waals surface area contributed by atoms with Gasteiger partial charge in [0.1, 0.15) is 0 Å². The van der Waals surface area contributed by atoms with E-state index in [1.165, 1.54) is 13.8 Å². The maximum absolute atomic E-state index is 7.32. The predicted molar refractivity (Wildman–Crippen MR) is 27.8 cm³/mol. The average Bonchev–Trinajstić information content (AvgIpc) is 1.75. The van der Waals surface area contributed by atoms with E-state index in [1.807, 2.05) is 0 Å². The molecule has 0 radical (unpaired) electrons. The SMILES string of the molecule is CC#N.CC#N.OO. The van der Waals surface area contributed by atoms with Crippen molar-refractivity contribution in [2.75, 3.05) is 0 Å². The number of hydrogen-bond acceptors (Lipinski definition) is 4. The standard InChI is InChI=1S/2C2H3N.H2O2/c2*1-2-3;1-2/h2*1H3;1-2H. The molecule has 46 valence electrons. The summed E-state index contributed by atoms with van der Waals surface area (Å²) in [6, 6.07) is 3.50. The largest absolute Gasteiger partial charge is 0.255 e. The lowest BCUT2D eigenvalue weighted by molar-refractivity contribution is -0.176. The number of hydrogen-bond donors (Lipinski definition) is 2. The van der Waals surface area contributed by atoms with Crippen molar-refractivity contribution in [2.24, 2.45) is 0 Å². The molecule has 0 fully saturated rings. The van der Waals surface area contributed by atoms with Crippen molar-refractivity contribution < 1.29 is 10.5 Å². The minimum absolute atomic E-state index is 1.43. The van der Waals surface area contributed by atoms with Crippen LogP contribution >= 0.6 is 0 Å². The predicted octanol–water partition coefficient (Wildman–Crippen LogP) is 1.08. The van der Waals surface area contributed by atoms with Gasteiger partial charge in [0.25, 0.3) is 0 Å². The Kier molecular flexibility index (Phi) is 345. The van der Waals surface area contributed by atoms with Crippen molar-refractivity contribution in [3.05, 3.63) is 0 Å². The first-order chi connectivity index (χ1) is 3.83. The van der Waals surface area contributed by atoms with Crippen LogP contribution in [0.15, 0.2) is 0 Å². The summed E-state index contributed by atoms with van der Waals surface area (Å²) in [7, 11) is 0. The number of rotatable bonds is 0. The van der Waals surface area contributed by atoms with E-state index in [4.69, 9.17) is 21.0 Å². The molecule has 0 unspecified atom stereocenters. The molecule has 0 aliphatic heterocycles. The van der Waals surface area contributed by atoms with E-state index in [9.17, 15) is 0 Å². The lowest BCUT2D eigenvalue weighted by atomic mass is 11.0. The van der Waals surface area contributed by atoms with Crippen molar-refractivity contribution in [2.45, 2.75) is 13.8 Å². The molecule has 0 spiro atoms. The smallest absolute Gasteiger partial charge is 0.0587 e. The third-order valence-corrected chi connectivity index (χ3v) is 0. The zero-order chi connectivity index (χ0) is 7.41. The number of nitriles is 2. The van der Waals surface area contributed by atoms with Gasteiger partial charge in [0.05, 0.1) is 12.1 Å².